The molecule has 0 saturated heterocycles. The second kappa shape index (κ2) is 18.3. The summed E-state index contributed by atoms with van der Waals surface area (Å²) in [7, 11) is 0. The Morgan fingerprint density at radius 3 is 2.03 bits per heavy atom. The summed E-state index contributed by atoms with van der Waals surface area (Å²) in [5.41, 5.74) is 8.09. The molecule has 1 amide bonds. The molecule has 0 bridgehead atoms. The van der Waals surface area contributed by atoms with E-state index in [-0.39, 0.29) is 43.6 Å². The lowest BCUT2D eigenvalue weighted by molar-refractivity contribution is -0.124. The number of nitrogens with one attached hydrogen (secondary N) is 2. The predicted octanol–water partition coefficient (Wildman–Crippen LogP) is 7.95. The van der Waals surface area contributed by atoms with Crippen molar-refractivity contribution in [3.05, 3.63) is 35.1 Å². The second-order valence-electron chi connectivity index (χ2n) is 12.8. The Bertz CT molecular complexity index is 821. The molecule has 1 aromatic rings. The molecular formula is C33H59ClFN3O. The first-order valence-electron chi connectivity index (χ1n) is 15.3. The molecular weight excluding hydrogens is 509 g/mol. The first-order chi connectivity index (χ1) is 17.7. The summed E-state index contributed by atoms with van der Waals surface area (Å²) < 4.78 is 13.3. The van der Waals surface area contributed by atoms with Crippen molar-refractivity contribution in [2.45, 2.75) is 143 Å². The summed E-state index contributed by atoms with van der Waals surface area (Å²) in [5, 5.41) is 6.57. The maximum atomic E-state index is 13.3. The minimum atomic E-state index is -0.217. The molecule has 3 aliphatic rings. The molecule has 1 aromatic carbocycles. The zero-order valence-electron chi connectivity index (χ0n) is 24.4. The van der Waals surface area contributed by atoms with E-state index in [1.807, 2.05) is 6.07 Å². The zero-order valence-corrected chi connectivity index (χ0v) is 25.3. The standard InChI is InChI=1S/C21H31FN2O.C11H23N.CH4.ClH/c1-14(2)19(10-15-6-4-3-5-7-15)24-21(25)20-12-16-8-9-18(22)11-17(16)13-23-20;1-9(2)11(12)8-10-6-4-3-5-7-10;;/h8-9,11,14-15,19-20,23H,3-7,10,12-13H2,1-2H3,(H,24,25);9-11H,3-8,12H2,1-2H3;1H4;1H/t19-,20-;11-;;/m11../s1. The summed E-state index contributed by atoms with van der Waals surface area (Å²) in [5.74, 6) is 2.67. The third-order valence-corrected chi connectivity index (χ3v) is 9.08. The Morgan fingerprint density at radius 2 is 1.49 bits per heavy atom. The molecule has 0 unspecified atom stereocenters. The molecule has 0 aromatic heterocycles. The molecule has 0 spiro atoms. The third-order valence-electron chi connectivity index (χ3n) is 9.08. The van der Waals surface area contributed by atoms with Gasteiger partial charge in [-0.3, -0.25) is 4.79 Å². The van der Waals surface area contributed by atoms with Crippen molar-refractivity contribution in [1.29, 1.82) is 0 Å². The fourth-order valence-electron chi connectivity index (χ4n) is 6.31. The molecule has 6 heteroatoms. The molecule has 1 heterocycles. The topological polar surface area (TPSA) is 67.2 Å². The highest BCUT2D eigenvalue weighted by molar-refractivity contribution is 5.85. The number of carbonyl (C=O) groups excluding carboxylic acids is 1. The lowest BCUT2D eigenvalue weighted by Gasteiger charge is -2.32. The van der Waals surface area contributed by atoms with Crippen molar-refractivity contribution in [2.75, 3.05) is 0 Å². The van der Waals surface area contributed by atoms with Gasteiger partial charge in [-0.2, -0.15) is 0 Å². The molecule has 4 rings (SSSR count). The summed E-state index contributed by atoms with van der Waals surface area (Å²) >= 11 is 0. The first-order valence-corrected chi connectivity index (χ1v) is 15.3. The van der Waals surface area contributed by atoms with E-state index < -0.39 is 0 Å². The second-order valence-corrected chi connectivity index (χ2v) is 12.8. The zero-order chi connectivity index (χ0) is 26.8. The van der Waals surface area contributed by atoms with E-state index in [0.29, 0.717) is 30.8 Å². The van der Waals surface area contributed by atoms with Crippen LogP contribution >= 0.6 is 12.4 Å². The van der Waals surface area contributed by atoms with Crippen molar-refractivity contribution in [3.8, 4) is 0 Å². The highest BCUT2D eigenvalue weighted by atomic mass is 35.5. The lowest BCUT2D eigenvalue weighted by atomic mass is 9.82. The van der Waals surface area contributed by atoms with Crippen LogP contribution in [0.3, 0.4) is 0 Å². The van der Waals surface area contributed by atoms with E-state index >= 15 is 0 Å². The molecule has 4 nitrogen and oxygen atoms in total. The van der Waals surface area contributed by atoms with Crippen molar-refractivity contribution in [3.63, 3.8) is 0 Å². The smallest absolute Gasteiger partial charge is 0.237 e. The van der Waals surface area contributed by atoms with Crippen LogP contribution in [0.15, 0.2) is 18.2 Å². The third kappa shape index (κ3) is 12.1. The number of rotatable bonds is 8. The Hall–Kier alpha value is -1.17. The molecule has 39 heavy (non-hydrogen) atoms. The van der Waals surface area contributed by atoms with Crippen LogP contribution in [0.25, 0.3) is 0 Å². The van der Waals surface area contributed by atoms with Gasteiger partial charge in [0.25, 0.3) is 0 Å². The Balaban J connectivity index is 0.000000463. The SMILES string of the molecule is C.CC(C)[C@@H](CC1CCCCC1)NC(=O)[C@H]1Cc2ccc(F)cc2CN1.CC(C)[C@H](N)CC1CCCCC1.Cl. The molecule has 2 aliphatic carbocycles. The van der Waals surface area contributed by atoms with Gasteiger partial charge in [0.15, 0.2) is 0 Å². The molecule has 226 valence electrons. The van der Waals surface area contributed by atoms with Crippen LogP contribution in [0, 0.1) is 29.5 Å². The molecule has 1 aliphatic heterocycles. The van der Waals surface area contributed by atoms with Crippen LogP contribution in [-0.4, -0.2) is 24.0 Å². The largest absolute Gasteiger partial charge is 0.352 e. The van der Waals surface area contributed by atoms with Crippen molar-refractivity contribution in [1.82, 2.24) is 10.6 Å². The number of amides is 1. The van der Waals surface area contributed by atoms with E-state index in [1.54, 1.807) is 6.07 Å². The van der Waals surface area contributed by atoms with Gasteiger partial charge in [-0.1, -0.05) is 105 Å². The summed E-state index contributed by atoms with van der Waals surface area (Å²) in [6.07, 6.45) is 16.8. The number of hydrogen-bond acceptors (Lipinski definition) is 3. The van der Waals surface area contributed by atoms with Gasteiger partial charge in [0.1, 0.15) is 5.82 Å². The molecule has 0 radical (unpaired) electrons. The number of hydrogen-bond donors (Lipinski definition) is 3. The van der Waals surface area contributed by atoms with E-state index in [1.165, 1.54) is 76.7 Å². The number of benzene rings is 1. The van der Waals surface area contributed by atoms with Gasteiger partial charge in [0, 0.05) is 18.6 Å². The summed E-state index contributed by atoms with van der Waals surface area (Å²) in [4.78, 5) is 12.8. The molecule has 2 saturated carbocycles. The van der Waals surface area contributed by atoms with Gasteiger partial charge < -0.3 is 16.4 Å². The molecule has 3 atom stereocenters. The maximum absolute atomic E-state index is 13.3. The van der Waals surface area contributed by atoms with Gasteiger partial charge in [-0.15, -0.1) is 12.4 Å². The minimum Gasteiger partial charge on any atom is -0.352 e. The van der Waals surface area contributed by atoms with Gasteiger partial charge in [0.2, 0.25) is 5.91 Å². The number of fused-ring (bicyclic) bond motifs is 1. The average Bonchev–Trinajstić information content (AvgIpc) is 2.89. The van der Waals surface area contributed by atoms with Gasteiger partial charge >= 0.3 is 0 Å². The van der Waals surface area contributed by atoms with Crippen LogP contribution in [-0.2, 0) is 17.8 Å². The van der Waals surface area contributed by atoms with Gasteiger partial charge in [-0.25, -0.2) is 4.39 Å². The lowest BCUT2D eigenvalue weighted by Crippen LogP contribution is -2.52. The highest BCUT2D eigenvalue weighted by Gasteiger charge is 2.28. The number of carbonyl (C=O) groups is 1. The van der Waals surface area contributed by atoms with E-state index in [2.05, 4.69) is 38.3 Å². The fraction of sp³-hybridized carbons (Fsp3) is 0.788. The van der Waals surface area contributed by atoms with Crippen molar-refractivity contribution in [2.24, 2.45) is 29.4 Å². The average molecular weight is 568 g/mol. The number of halogens is 2. The Kier molecular flexibility index (Phi) is 16.8. The quantitative estimate of drug-likeness (QED) is 0.298. The van der Waals surface area contributed by atoms with E-state index in [9.17, 15) is 9.18 Å². The Labute approximate surface area is 245 Å². The molecule has 2 fully saturated rings. The van der Waals surface area contributed by atoms with Crippen LogP contribution < -0.4 is 16.4 Å². The maximum Gasteiger partial charge on any atom is 0.237 e. The van der Waals surface area contributed by atoms with Crippen LogP contribution in [0.4, 0.5) is 4.39 Å². The van der Waals surface area contributed by atoms with Crippen LogP contribution in [0.2, 0.25) is 0 Å². The van der Waals surface area contributed by atoms with Crippen LogP contribution in [0.5, 0.6) is 0 Å². The fourth-order valence-corrected chi connectivity index (χ4v) is 6.31. The highest BCUT2D eigenvalue weighted by Crippen LogP contribution is 2.29. The first kappa shape index (κ1) is 35.9. The summed E-state index contributed by atoms with van der Waals surface area (Å²) in [6.45, 7) is 9.40. The van der Waals surface area contributed by atoms with Crippen molar-refractivity contribution >= 4 is 18.3 Å². The van der Waals surface area contributed by atoms with Gasteiger partial charge in [0.05, 0.1) is 6.04 Å². The monoisotopic (exact) mass is 567 g/mol. The predicted molar refractivity (Wildman–Crippen MR) is 167 cm³/mol. The normalized spacial score (nSPS) is 21.5. The van der Waals surface area contributed by atoms with Gasteiger partial charge in [-0.05, 0) is 66.2 Å². The Morgan fingerprint density at radius 1 is 0.923 bits per heavy atom. The van der Waals surface area contributed by atoms with E-state index in [4.69, 9.17) is 5.73 Å². The number of nitrogens with two attached hydrogens (primary N) is 1. The summed E-state index contributed by atoms with van der Waals surface area (Å²) in [6, 6.07) is 5.33. The van der Waals surface area contributed by atoms with E-state index in [0.717, 1.165) is 29.4 Å². The van der Waals surface area contributed by atoms with Crippen molar-refractivity contribution < 1.29 is 9.18 Å². The molecule has 4 N–H and O–H groups in total. The van der Waals surface area contributed by atoms with Crippen LogP contribution in [0.1, 0.15) is 123 Å². The minimum absolute atomic E-state index is 0.